The normalized spacial score (nSPS) is 14.4. The molecule has 0 amide bonds. The third kappa shape index (κ3) is 3.48. The van der Waals surface area contributed by atoms with Gasteiger partial charge in [-0.2, -0.15) is 0 Å². The van der Waals surface area contributed by atoms with Gasteiger partial charge in [0.1, 0.15) is 5.78 Å². The van der Waals surface area contributed by atoms with Crippen LogP contribution in [0.3, 0.4) is 0 Å². The number of carbonyl (C=O) groups is 1. The van der Waals surface area contributed by atoms with Crippen molar-refractivity contribution in [1.82, 2.24) is 0 Å². The number of rotatable bonds is 6. The maximum Gasteiger partial charge on any atom is 0.136 e. The van der Waals surface area contributed by atoms with Gasteiger partial charge in [0.15, 0.2) is 0 Å². The Kier molecular flexibility index (Phi) is 4.72. The van der Waals surface area contributed by atoms with E-state index in [1.165, 1.54) is 5.56 Å². The van der Waals surface area contributed by atoms with Crippen molar-refractivity contribution in [2.45, 2.75) is 46.5 Å². The van der Waals surface area contributed by atoms with Crippen molar-refractivity contribution in [3.05, 3.63) is 35.9 Å². The van der Waals surface area contributed by atoms with Gasteiger partial charge in [-0.3, -0.25) is 4.79 Å². The molecular weight excluding hydrogens is 196 g/mol. The Bertz CT molecular complexity index is 329. The van der Waals surface area contributed by atoms with Crippen molar-refractivity contribution in [3.8, 4) is 0 Å². The first kappa shape index (κ1) is 13.0. The second kappa shape index (κ2) is 5.83. The number of hydrogen-bond acceptors (Lipinski definition) is 1. The Labute approximate surface area is 98.9 Å². The molecule has 0 aliphatic carbocycles. The van der Waals surface area contributed by atoms with E-state index in [4.69, 9.17) is 0 Å². The van der Waals surface area contributed by atoms with E-state index in [-0.39, 0.29) is 5.41 Å². The molecule has 0 bridgehead atoms. The van der Waals surface area contributed by atoms with Crippen LogP contribution in [0.5, 0.6) is 0 Å². The summed E-state index contributed by atoms with van der Waals surface area (Å²) >= 11 is 0. The van der Waals surface area contributed by atoms with E-state index in [9.17, 15) is 4.79 Å². The smallest absolute Gasteiger partial charge is 0.136 e. The summed E-state index contributed by atoms with van der Waals surface area (Å²) in [6.07, 6.45) is 4.14. The quantitative estimate of drug-likeness (QED) is 0.705. The van der Waals surface area contributed by atoms with Crippen LogP contribution in [-0.2, 0) is 11.2 Å². The van der Waals surface area contributed by atoms with E-state index in [1.54, 1.807) is 6.92 Å². The Hall–Kier alpha value is -1.11. The van der Waals surface area contributed by atoms with Crippen LogP contribution in [-0.4, -0.2) is 5.78 Å². The third-order valence-corrected chi connectivity index (χ3v) is 3.37. The standard InChI is InChI=1S/C15H22O/c1-4-5-11-15(3,13(2)16)12-14-9-7-6-8-10-14/h6-10H,4-5,11-12H2,1-3H3/t15-/m1/s1. The molecule has 0 aliphatic heterocycles. The molecule has 88 valence electrons. The first-order valence-electron chi connectivity index (χ1n) is 6.13. The zero-order valence-corrected chi connectivity index (χ0v) is 10.6. The van der Waals surface area contributed by atoms with E-state index < -0.39 is 0 Å². The molecule has 0 N–H and O–H groups in total. The van der Waals surface area contributed by atoms with Crippen LogP contribution >= 0.6 is 0 Å². The van der Waals surface area contributed by atoms with Crippen LogP contribution < -0.4 is 0 Å². The lowest BCUT2D eigenvalue weighted by molar-refractivity contribution is -0.126. The fourth-order valence-electron chi connectivity index (χ4n) is 2.00. The minimum atomic E-state index is -0.183. The minimum absolute atomic E-state index is 0.183. The Morgan fingerprint density at radius 2 is 1.88 bits per heavy atom. The molecule has 0 fully saturated rings. The Morgan fingerprint density at radius 3 is 2.38 bits per heavy atom. The Morgan fingerprint density at radius 1 is 1.25 bits per heavy atom. The molecule has 0 aromatic heterocycles. The summed E-state index contributed by atoms with van der Waals surface area (Å²) in [5, 5.41) is 0. The third-order valence-electron chi connectivity index (χ3n) is 3.37. The SMILES string of the molecule is CCCC[C@](C)(Cc1ccccc1)C(C)=O. The summed E-state index contributed by atoms with van der Waals surface area (Å²) in [6.45, 7) is 5.99. The van der Waals surface area contributed by atoms with Gasteiger partial charge in [0.2, 0.25) is 0 Å². The molecule has 0 aliphatic rings. The van der Waals surface area contributed by atoms with Crippen molar-refractivity contribution in [1.29, 1.82) is 0 Å². The lowest BCUT2D eigenvalue weighted by Gasteiger charge is -2.26. The molecule has 0 spiro atoms. The summed E-state index contributed by atoms with van der Waals surface area (Å²) in [6, 6.07) is 10.3. The molecule has 1 aromatic carbocycles. The molecule has 0 heterocycles. The number of unbranched alkanes of at least 4 members (excludes halogenated alkanes) is 1. The highest BCUT2D eigenvalue weighted by Crippen LogP contribution is 2.29. The van der Waals surface area contributed by atoms with Crippen molar-refractivity contribution in [2.24, 2.45) is 5.41 Å². The molecule has 0 saturated carbocycles. The van der Waals surface area contributed by atoms with Crippen LogP contribution in [0, 0.1) is 5.41 Å². The van der Waals surface area contributed by atoms with Gasteiger partial charge >= 0.3 is 0 Å². The van der Waals surface area contributed by atoms with Crippen molar-refractivity contribution in [3.63, 3.8) is 0 Å². The molecule has 1 nitrogen and oxygen atoms in total. The van der Waals surface area contributed by atoms with Gasteiger partial charge in [0.25, 0.3) is 0 Å². The van der Waals surface area contributed by atoms with E-state index >= 15 is 0 Å². The molecule has 0 radical (unpaired) electrons. The highest BCUT2D eigenvalue weighted by molar-refractivity contribution is 5.82. The highest BCUT2D eigenvalue weighted by atomic mass is 16.1. The maximum absolute atomic E-state index is 11.8. The van der Waals surface area contributed by atoms with Crippen LogP contribution in [0.2, 0.25) is 0 Å². The van der Waals surface area contributed by atoms with E-state index in [0.717, 1.165) is 25.7 Å². The van der Waals surface area contributed by atoms with Crippen molar-refractivity contribution >= 4 is 5.78 Å². The van der Waals surface area contributed by atoms with Gasteiger partial charge in [-0.15, -0.1) is 0 Å². The monoisotopic (exact) mass is 218 g/mol. The van der Waals surface area contributed by atoms with Crippen molar-refractivity contribution in [2.75, 3.05) is 0 Å². The molecule has 1 atom stereocenters. The number of ketones is 1. The van der Waals surface area contributed by atoms with Gasteiger partial charge in [-0.25, -0.2) is 0 Å². The molecule has 0 saturated heterocycles. The van der Waals surface area contributed by atoms with E-state index in [0.29, 0.717) is 5.78 Å². The zero-order chi connectivity index (χ0) is 12.0. The summed E-state index contributed by atoms with van der Waals surface area (Å²) in [7, 11) is 0. The van der Waals surface area contributed by atoms with Crippen LogP contribution in [0.25, 0.3) is 0 Å². The van der Waals surface area contributed by atoms with E-state index in [2.05, 4.69) is 26.0 Å². The van der Waals surface area contributed by atoms with Gasteiger partial charge < -0.3 is 0 Å². The Balaban J connectivity index is 2.75. The maximum atomic E-state index is 11.8. The second-order valence-corrected chi connectivity index (χ2v) is 4.88. The predicted molar refractivity (Wildman–Crippen MR) is 68.5 cm³/mol. The van der Waals surface area contributed by atoms with Gasteiger partial charge in [0, 0.05) is 5.41 Å². The van der Waals surface area contributed by atoms with Crippen molar-refractivity contribution < 1.29 is 4.79 Å². The topological polar surface area (TPSA) is 17.1 Å². The van der Waals surface area contributed by atoms with Gasteiger partial charge in [-0.05, 0) is 25.3 Å². The average Bonchev–Trinajstić information content (AvgIpc) is 2.27. The number of carbonyl (C=O) groups excluding carboxylic acids is 1. The number of hydrogen-bond donors (Lipinski definition) is 0. The van der Waals surface area contributed by atoms with Crippen LogP contribution in [0.1, 0.15) is 45.6 Å². The lowest BCUT2D eigenvalue weighted by Crippen LogP contribution is -2.28. The molecule has 16 heavy (non-hydrogen) atoms. The second-order valence-electron chi connectivity index (χ2n) is 4.88. The van der Waals surface area contributed by atoms with Gasteiger partial charge in [-0.1, -0.05) is 57.0 Å². The fourth-order valence-corrected chi connectivity index (χ4v) is 2.00. The highest BCUT2D eigenvalue weighted by Gasteiger charge is 2.29. The number of benzene rings is 1. The van der Waals surface area contributed by atoms with Crippen LogP contribution in [0.15, 0.2) is 30.3 Å². The first-order valence-corrected chi connectivity index (χ1v) is 6.13. The predicted octanol–water partition coefficient (Wildman–Crippen LogP) is 4.01. The summed E-state index contributed by atoms with van der Waals surface area (Å²) in [4.78, 5) is 11.8. The van der Waals surface area contributed by atoms with Gasteiger partial charge in [0.05, 0.1) is 0 Å². The van der Waals surface area contributed by atoms with E-state index in [1.807, 2.05) is 18.2 Å². The summed E-state index contributed by atoms with van der Waals surface area (Å²) < 4.78 is 0. The largest absolute Gasteiger partial charge is 0.299 e. The summed E-state index contributed by atoms with van der Waals surface area (Å²) in [5.41, 5.74) is 1.08. The molecule has 1 aromatic rings. The average molecular weight is 218 g/mol. The molecular formula is C15H22O. The molecule has 1 rings (SSSR count). The lowest BCUT2D eigenvalue weighted by atomic mass is 9.76. The molecule has 0 unspecified atom stereocenters. The fraction of sp³-hybridized carbons (Fsp3) is 0.533. The molecule has 1 heteroatoms. The first-order chi connectivity index (χ1) is 7.58. The zero-order valence-electron chi connectivity index (χ0n) is 10.6. The minimum Gasteiger partial charge on any atom is -0.299 e. The van der Waals surface area contributed by atoms with Crippen LogP contribution in [0.4, 0.5) is 0 Å². The number of Topliss-reactive ketones (excluding diaryl/α,β-unsaturated/α-hetero) is 1. The summed E-state index contributed by atoms with van der Waals surface area (Å²) in [5.74, 6) is 0.310.